The monoisotopic (exact) mass is 461 g/mol. The fourth-order valence-electron chi connectivity index (χ4n) is 2.92. The summed E-state index contributed by atoms with van der Waals surface area (Å²) < 4.78 is 32.4. The molecular weight excluding hydrogens is 444 g/mol. The van der Waals surface area contributed by atoms with Gasteiger partial charge in [0.15, 0.2) is 11.5 Å². The molecule has 1 aromatic heterocycles. The van der Waals surface area contributed by atoms with E-state index in [1.165, 1.54) is 24.9 Å². The zero-order valence-corrected chi connectivity index (χ0v) is 20.0. The van der Waals surface area contributed by atoms with E-state index in [0.717, 1.165) is 0 Å². The fourth-order valence-corrected chi connectivity index (χ4v) is 3.90. The van der Waals surface area contributed by atoms with Crippen molar-refractivity contribution in [2.45, 2.75) is 4.90 Å². The Labute approximate surface area is 199 Å². The van der Waals surface area contributed by atoms with Gasteiger partial charge in [-0.3, -0.25) is 9.79 Å². The van der Waals surface area contributed by atoms with Crippen molar-refractivity contribution in [3.05, 3.63) is 30.3 Å². The number of methoxy groups -OCH3 is 1. The minimum absolute atomic E-state index is 0. The summed E-state index contributed by atoms with van der Waals surface area (Å²) in [4.78, 5) is 19.0. The average molecular weight is 461 g/mol. The molecule has 2 heterocycles. The fraction of sp³-hybridized carbons (Fsp3) is 0.176. The molecule has 1 aliphatic rings. The largest absolute Gasteiger partial charge is 1.00 e. The Bertz CT molecular complexity index is 1130. The summed E-state index contributed by atoms with van der Waals surface area (Å²) in [5.41, 5.74) is 2.20. The van der Waals surface area contributed by atoms with Crippen LogP contribution in [0.4, 0.5) is 0 Å². The molecule has 13 heteroatoms. The van der Waals surface area contributed by atoms with E-state index in [1.807, 2.05) is 0 Å². The minimum Gasteiger partial charge on any atom is -1.00 e. The zero-order chi connectivity index (χ0) is 20.6. The van der Waals surface area contributed by atoms with Crippen molar-refractivity contribution in [2.75, 3.05) is 20.2 Å². The number of aromatic amines is 1. The Morgan fingerprint density at radius 3 is 2.50 bits per heavy atom. The van der Waals surface area contributed by atoms with Gasteiger partial charge in [0.2, 0.25) is 12.5 Å². The van der Waals surface area contributed by atoms with Gasteiger partial charge >= 0.3 is 37.4 Å². The summed E-state index contributed by atoms with van der Waals surface area (Å²) in [5, 5.41) is 11.0. The maximum atomic E-state index is 11.3. The first-order valence-corrected chi connectivity index (χ1v) is 11.0. The van der Waals surface area contributed by atoms with E-state index in [0.29, 0.717) is 44.7 Å². The van der Waals surface area contributed by atoms with E-state index in [1.54, 1.807) is 30.5 Å². The van der Waals surface area contributed by atoms with Gasteiger partial charge in [-0.1, -0.05) is 6.07 Å². The van der Waals surface area contributed by atoms with E-state index in [9.17, 15) is 14.4 Å². The standard InChI is InChI=1S/C17H16N3O7PS.Na.H/c1-24-12-6-10(7-13-17(12)26-8-25-13)16-15(18-20-19-16)9-3-4-14(29-2)11(5-9)27-28(21,22)23;;/h3-7H,8H2,1-2H3,(H,18,19,20)(H2,21,22,23);;/q;+1;-1. The third-order valence-corrected chi connectivity index (χ3v) is 5.35. The number of thioether (sulfide) groups is 1. The number of aromatic nitrogens is 3. The van der Waals surface area contributed by atoms with E-state index < -0.39 is 7.82 Å². The third-order valence-electron chi connectivity index (χ3n) is 4.13. The number of hydrogen-bond acceptors (Lipinski definition) is 8. The van der Waals surface area contributed by atoms with Gasteiger partial charge in [-0.25, -0.2) is 4.57 Å². The predicted molar refractivity (Wildman–Crippen MR) is 105 cm³/mol. The summed E-state index contributed by atoms with van der Waals surface area (Å²) >= 11 is 1.30. The number of ether oxygens (including phenoxy) is 3. The van der Waals surface area contributed by atoms with E-state index in [-0.39, 0.29) is 43.5 Å². The summed E-state index contributed by atoms with van der Waals surface area (Å²) in [6.45, 7) is 0.0973. The first-order valence-electron chi connectivity index (χ1n) is 8.22. The molecule has 1 aliphatic heterocycles. The Morgan fingerprint density at radius 2 is 1.83 bits per heavy atom. The summed E-state index contributed by atoms with van der Waals surface area (Å²) in [7, 11) is -3.19. The van der Waals surface area contributed by atoms with E-state index in [2.05, 4.69) is 15.4 Å². The van der Waals surface area contributed by atoms with Crippen molar-refractivity contribution >= 4 is 19.6 Å². The van der Waals surface area contributed by atoms with Gasteiger partial charge in [0.05, 0.1) is 7.11 Å². The molecule has 2 aromatic carbocycles. The smallest absolute Gasteiger partial charge is 1.00 e. The molecular formula is C17H17N3NaO7PS. The molecule has 10 nitrogen and oxygen atoms in total. The molecule has 0 atom stereocenters. The van der Waals surface area contributed by atoms with E-state index >= 15 is 0 Å². The number of benzene rings is 2. The quantitative estimate of drug-likeness (QED) is 0.265. The molecule has 0 radical (unpaired) electrons. The molecule has 30 heavy (non-hydrogen) atoms. The van der Waals surface area contributed by atoms with Crippen LogP contribution >= 0.6 is 19.6 Å². The Hall–Kier alpha value is -1.72. The number of phosphoric acid groups is 1. The van der Waals surface area contributed by atoms with Crippen LogP contribution in [0.25, 0.3) is 22.5 Å². The molecule has 0 spiro atoms. The van der Waals surface area contributed by atoms with Gasteiger partial charge in [0.1, 0.15) is 17.1 Å². The summed E-state index contributed by atoms with van der Waals surface area (Å²) in [6.07, 6.45) is 1.78. The van der Waals surface area contributed by atoms with Crippen molar-refractivity contribution in [3.8, 4) is 45.5 Å². The van der Waals surface area contributed by atoms with Crippen LogP contribution in [0, 0.1) is 0 Å². The minimum atomic E-state index is -4.72. The molecule has 0 saturated heterocycles. The Balaban J connectivity index is 0.00000171. The van der Waals surface area contributed by atoms with Gasteiger partial charge in [0.25, 0.3) is 0 Å². The summed E-state index contributed by atoms with van der Waals surface area (Å²) in [5.74, 6) is 1.59. The van der Waals surface area contributed by atoms with Crippen LogP contribution in [0.2, 0.25) is 0 Å². The molecule has 0 saturated carbocycles. The number of nitrogens with one attached hydrogen (secondary N) is 1. The third kappa shape index (κ3) is 4.62. The number of phosphoric ester groups is 1. The molecule has 0 bridgehead atoms. The Kier molecular flexibility index (Phi) is 7.03. The molecule has 0 unspecified atom stereocenters. The molecule has 3 N–H and O–H groups in total. The van der Waals surface area contributed by atoms with Gasteiger partial charge in [-0.05, 0) is 30.5 Å². The maximum absolute atomic E-state index is 11.3. The zero-order valence-electron chi connectivity index (χ0n) is 17.3. The first-order chi connectivity index (χ1) is 13.9. The van der Waals surface area contributed by atoms with Crippen LogP contribution in [0.3, 0.4) is 0 Å². The molecule has 154 valence electrons. The topological polar surface area (TPSA) is 136 Å². The van der Waals surface area contributed by atoms with Gasteiger partial charge in [-0.2, -0.15) is 15.4 Å². The van der Waals surface area contributed by atoms with Crippen LogP contribution < -0.4 is 48.3 Å². The van der Waals surface area contributed by atoms with Crippen LogP contribution in [-0.2, 0) is 4.57 Å². The number of nitrogens with zero attached hydrogens (tertiary/aromatic N) is 2. The van der Waals surface area contributed by atoms with Crippen molar-refractivity contribution in [1.82, 2.24) is 15.4 Å². The molecule has 4 rings (SSSR count). The molecule has 3 aromatic rings. The van der Waals surface area contributed by atoms with Crippen molar-refractivity contribution in [3.63, 3.8) is 0 Å². The first kappa shape index (κ1) is 23.0. The number of hydrogen-bond donors (Lipinski definition) is 3. The second kappa shape index (κ2) is 9.19. The number of fused-ring (bicyclic) bond motifs is 1. The van der Waals surface area contributed by atoms with Gasteiger partial charge < -0.3 is 20.2 Å². The van der Waals surface area contributed by atoms with Gasteiger partial charge in [-0.15, -0.1) is 11.8 Å². The normalized spacial score (nSPS) is 12.4. The molecule has 0 fully saturated rings. The van der Waals surface area contributed by atoms with Crippen molar-refractivity contribution < 1.29 is 64.1 Å². The Morgan fingerprint density at radius 1 is 1.13 bits per heavy atom. The van der Waals surface area contributed by atoms with Crippen LogP contribution in [0.5, 0.6) is 23.0 Å². The van der Waals surface area contributed by atoms with Crippen LogP contribution in [0.1, 0.15) is 1.43 Å². The summed E-state index contributed by atoms with van der Waals surface area (Å²) in [6, 6.07) is 8.48. The molecule has 0 aliphatic carbocycles. The van der Waals surface area contributed by atoms with Crippen LogP contribution in [-0.4, -0.2) is 45.4 Å². The van der Waals surface area contributed by atoms with Crippen molar-refractivity contribution in [1.29, 1.82) is 0 Å². The second-order valence-electron chi connectivity index (χ2n) is 5.88. The van der Waals surface area contributed by atoms with Crippen LogP contribution in [0.15, 0.2) is 35.2 Å². The molecule has 0 amide bonds. The number of rotatable bonds is 6. The second-order valence-corrected chi connectivity index (χ2v) is 7.89. The number of H-pyrrole nitrogens is 1. The predicted octanol–water partition coefficient (Wildman–Crippen LogP) is 0.186. The van der Waals surface area contributed by atoms with E-state index in [4.69, 9.17) is 18.7 Å². The van der Waals surface area contributed by atoms with Gasteiger partial charge in [0, 0.05) is 16.0 Å². The van der Waals surface area contributed by atoms with Crippen molar-refractivity contribution in [2.24, 2.45) is 0 Å². The SMILES string of the molecule is COc1cc(-c2n[nH]nc2-c2ccc(SC)c(OP(=O)(O)O)c2)cc2c1OCO2.[H-].[Na+]. The average Bonchev–Trinajstić information content (AvgIpc) is 3.35. The maximum Gasteiger partial charge on any atom is 1.00 e.